The molecule has 0 N–H and O–H groups in total. The van der Waals surface area contributed by atoms with Crippen molar-refractivity contribution >= 4 is 0 Å². The number of alkyl halides is 5. The Morgan fingerprint density at radius 3 is 1.98 bits per heavy atom. The van der Waals surface area contributed by atoms with Crippen LogP contribution in [0.1, 0.15) is 80.9 Å². The first kappa shape index (κ1) is 34.3. The molecule has 1 fully saturated rings. The number of unbranched alkanes of at least 4 members (excludes halogenated alkanes) is 2. The highest BCUT2D eigenvalue weighted by molar-refractivity contribution is 5.70. The summed E-state index contributed by atoms with van der Waals surface area (Å²) in [6.45, 7) is 2.20. The minimum Gasteiger partial charge on any atom is -0.429 e. The Hall–Kier alpha value is -4.02. The van der Waals surface area contributed by atoms with Gasteiger partial charge in [-0.1, -0.05) is 50.8 Å². The molecule has 1 aromatic heterocycles. The van der Waals surface area contributed by atoms with Gasteiger partial charge in [-0.25, -0.2) is 17.6 Å². The van der Waals surface area contributed by atoms with E-state index in [0.717, 1.165) is 30.4 Å². The van der Waals surface area contributed by atoms with Crippen molar-refractivity contribution in [2.24, 2.45) is 5.92 Å². The van der Waals surface area contributed by atoms with Crippen LogP contribution in [0.25, 0.3) is 22.4 Å². The first-order chi connectivity index (χ1) is 22.3. The van der Waals surface area contributed by atoms with Crippen molar-refractivity contribution in [1.82, 2.24) is 4.98 Å². The van der Waals surface area contributed by atoms with Crippen molar-refractivity contribution in [3.63, 3.8) is 0 Å². The summed E-state index contributed by atoms with van der Waals surface area (Å²) in [6, 6.07) is 9.16. The molecule has 1 aliphatic rings. The number of nitrogens with zero attached hydrogens (tertiary/aromatic N) is 1. The fraction of sp³-hybridized carbons (Fsp3) is 0.361. The highest BCUT2D eigenvalue weighted by Crippen LogP contribution is 2.41. The van der Waals surface area contributed by atoms with Crippen LogP contribution in [0.3, 0.4) is 0 Å². The largest absolute Gasteiger partial charge is 0.432 e. The molecule has 47 heavy (non-hydrogen) atoms. The standard InChI is InChI=1S/C36H32F9NO/c1-2-3-4-5-21-6-8-22(9-7-21)24-11-15-33(46-20-24)23-10-13-27(29(37)16-23)25-17-31(39)34(32(40)18-25)36(44,45)47-26-12-14-28(30(38)19-26)35(41,42)43/h10-22H,2-9H2,1H3. The number of ether oxygens (including phenoxy) is 1. The number of benzene rings is 3. The van der Waals surface area contributed by atoms with Crippen molar-refractivity contribution in [2.45, 2.75) is 76.5 Å². The van der Waals surface area contributed by atoms with Crippen molar-refractivity contribution in [3.8, 4) is 28.1 Å². The van der Waals surface area contributed by atoms with Crippen molar-refractivity contribution in [2.75, 3.05) is 0 Å². The molecule has 3 aromatic carbocycles. The van der Waals surface area contributed by atoms with E-state index in [4.69, 9.17) is 0 Å². The van der Waals surface area contributed by atoms with Crippen LogP contribution in [0, 0.1) is 29.2 Å². The normalized spacial score (nSPS) is 17.1. The Bertz CT molecular complexity index is 1670. The van der Waals surface area contributed by atoms with Crippen LogP contribution < -0.4 is 4.74 Å². The Kier molecular flexibility index (Phi) is 10.2. The number of hydrogen-bond acceptors (Lipinski definition) is 2. The number of rotatable bonds is 10. The molecule has 1 aliphatic carbocycles. The van der Waals surface area contributed by atoms with Crippen molar-refractivity contribution in [1.29, 1.82) is 0 Å². The van der Waals surface area contributed by atoms with Gasteiger partial charge < -0.3 is 4.74 Å². The van der Waals surface area contributed by atoms with E-state index in [1.165, 1.54) is 50.7 Å². The summed E-state index contributed by atoms with van der Waals surface area (Å²) in [5.74, 6) is -6.34. The summed E-state index contributed by atoms with van der Waals surface area (Å²) in [6.07, 6.45) is 1.53. The molecule has 0 atom stereocenters. The van der Waals surface area contributed by atoms with Gasteiger partial charge in [0.1, 0.15) is 34.6 Å². The molecule has 0 amide bonds. The quantitative estimate of drug-likeness (QED) is 0.124. The van der Waals surface area contributed by atoms with Gasteiger partial charge in [0.15, 0.2) is 0 Å². The minimum atomic E-state index is -5.10. The summed E-state index contributed by atoms with van der Waals surface area (Å²) in [5.41, 5.74) is -2.28. The van der Waals surface area contributed by atoms with Gasteiger partial charge in [-0.2, -0.15) is 22.0 Å². The molecule has 2 nitrogen and oxygen atoms in total. The molecule has 0 aliphatic heterocycles. The average Bonchev–Trinajstić information content (AvgIpc) is 3.00. The van der Waals surface area contributed by atoms with E-state index in [1.807, 2.05) is 6.07 Å². The fourth-order valence-electron chi connectivity index (χ4n) is 6.19. The molecule has 0 bridgehead atoms. The predicted molar refractivity (Wildman–Crippen MR) is 160 cm³/mol. The van der Waals surface area contributed by atoms with Gasteiger partial charge in [0.25, 0.3) is 0 Å². The monoisotopic (exact) mass is 665 g/mol. The Morgan fingerprint density at radius 2 is 1.40 bits per heavy atom. The molecule has 4 aromatic rings. The van der Waals surface area contributed by atoms with Crippen molar-refractivity contribution in [3.05, 3.63) is 107 Å². The molecule has 0 unspecified atom stereocenters. The second-order valence-corrected chi connectivity index (χ2v) is 12.0. The maximum atomic E-state index is 15.2. The lowest BCUT2D eigenvalue weighted by molar-refractivity contribution is -0.189. The van der Waals surface area contributed by atoms with Crippen molar-refractivity contribution < 1.29 is 44.3 Å². The highest BCUT2D eigenvalue weighted by atomic mass is 19.4. The SMILES string of the molecule is CCCCCC1CCC(c2ccc(-c3ccc(-c4cc(F)c(C(F)(F)Oc5ccc(C(F)(F)F)c(F)c5)c(F)c4)c(F)c3)nc2)CC1. The zero-order valence-corrected chi connectivity index (χ0v) is 25.4. The van der Waals surface area contributed by atoms with Crippen LogP contribution in [0.4, 0.5) is 39.5 Å². The molecule has 0 radical (unpaired) electrons. The summed E-state index contributed by atoms with van der Waals surface area (Å²) in [7, 11) is 0. The van der Waals surface area contributed by atoms with Gasteiger partial charge in [0.2, 0.25) is 0 Å². The molecule has 250 valence electrons. The lowest BCUT2D eigenvalue weighted by Gasteiger charge is -2.28. The topological polar surface area (TPSA) is 22.1 Å². The maximum absolute atomic E-state index is 15.2. The van der Waals surface area contributed by atoms with Crippen LogP contribution in [0.15, 0.2) is 66.9 Å². The molecular formula is C36H32F9NO. The third-order valence-corrected chi connectivity index (χ3v) is 8.72. The molecule has 0 saturated heterocycles. The zero-order chi connectivity index (χ0) is 33.9. The van der Waals surface area contributed by atoms with E-state index in [0.29, 0.717) is 35.4 Å². The van der Waals surface area contributed by atoms with E-state index in [2.05, 4.69) is 16.6 Å². The van der Waals surface area contributed by atoms with E-state index < -0.39 is 58.0 Å². The smallest absolute Gasteiger partial charge is 0.429 e. The number of aromatic nitrogens is 1. The molecule has 11 heteroatoms. The minimum absolute atomic E-state index is 0.0284. The first-order valence-electron chi connectivity index (χ1n) is 15.5. The van der Waals surface area contributed by atoms with Crippen LogP contribution in [-0.2, 0) is 12.3 Å². The molecule has 5 rings (SSSR count). The molecule has 0 spiro atoms. The van der Waals surface area contributed by atoms with E-state index in [1.54, 1.807) is 12.3 Å². The van der Waals surface area contributed by atoms with Crippen LogP contribution in [-0.4, -0.2) is 4.98 Å². The Balaban J connectivity index is 1.29. The van der Waals surface area contributed by atoms with Crippen LogP contribution in [0.5, 0.6) is 5.75 Å². The highest BCUT2D eigenvalue weighted by Gasteiger charge is 2.42. The molecule has 1 saturated carbocycles. The van der Waals surface area contributed by atoms with Crippen LogP contribution in [0.2, 0.25) is 0 Å². The second-order valence-electron chi connectivity index (χ2n) is 12.0. The predicted octanol–water partition coefficient (Wildman–Crippen LogP) is 12.0. The fourth-order valence-corrected chi connectivity index (χ4v) is 6.19. The van der Waals surface area contributed by atoms with Crippen LogP contribution >= 0.6 is 0 Å². The number of hydrogen-bond donors (Lipinski definition) is 0. The van der Waals surface area contributed by atoms with Gasteiger partial charge in [0, 0.05) is 23.4 Å². The van der Waals surface area contributed by atoms with Gasteiger partial charge in [-0.3, -0.25) is 4.98 Å². The summed E-state index contributed by atoms with van der Waals surface area (Å²) < 4.78 is 131. The molecule has 1 heterocycles. The first-order valence-corrected chi connectivity index (χ1v) is 15.5. The van der Waals surface area contributed by atoms with Gasteiger partial charge in [-0.05, 0) is 85.0 Å². The average molecular weight is 666 g/mol. The van der Waals surface area contributed by atoms with E-state index >= 15 is 4.39 Å². The number of halogens is 9. The number of pyridine rings is 1. The summed E-state index contributed by atoms with van der Waals surface area (Å²) in [4.78, 5) is 4.51. The second kappa shape index (κ2) is 14.0. The van der Waals surface area contributed by atoms with Gasteiger partial charge in [0.05, 0.1) is 11.3 Å². The Labute approximate surface area is 266 Å². The maximum Gasteiger partial charge on any atom is 0.432 e. The molecular weight excluding hydrogens is 633 g/mol. The van der Waals surface area contributed by atoms with E-state index in [-0.39, 0.29) is 17.7 Å². The van der Waals surface area contributed by atoms with Gasteiger partial charge in [-0.15, -0.1) is 0 Å². The zero-order valence-electron chi connectivity index (χ0n) is 25.4. The lowest BCUT2D eigenvalue weighted by atomic mass is 9.77. The van der Waals surface area contributed by atoms with Gasteiger partial charge >= 0.3 is 12.3 Å². The van der Waals surface area contributed by atoms with E-state index in [9.17, 15) is 35.1 Å². The lowest BCUT2D eigenvalue weighted by Crippen LogP contribution is -2.25. The third kappa shape index (κ3) is 7.93. The third-order valence-electron chi connectivity index (χ3n) is 8.72. The Morgan fingerprint density at radius 1 is 0.723 bits per heavy atom. The summed E-state index contributed by atoms with van der Waals surface area (Å²) >= 11 is 0. The summed E-state index contributed by atoms with van der Waals surface area (Å²) in [5, 5.41) is 0.